The number of halogens is 1. The van der Waals surface area contributed by atoms with Crippen LogP contribution in [-0.4, -0.2) is 11.9 Å². The van der Waals surface area contributed by atoms with Gasteiger partial charge < -0.3 is 4.74 Å². The van der Waals surface area contributed by atoms with E-state index in [1.165, 1.54) is 18.4 Å². The fraction of sp³-hybridized carbons (Fsp3) is 0.500. The van der Waals surface area contributed by atoms with Crippen LogP contribution in [0.2, 0.25) is 0 Å². The number of alkyl halides is 1. The maximum absolute atomic E-state index is 5.12. The molecule has 0 spiro atoms. The molecule has 0 aliphatic heterocycles. The van der Waals surface area contributed by atoms with E-state index in [2.05, 4.69) is 28.1 Å². The summed E-state index contributed by atoms with van der Waals surface area (Å²) in [5, 5.41) is 0. The van der Waals surface area contributed by atoms with Crippen molar-refractivity contribution in [1.29, 1.82) is 0 Å². The van der Waals surface area contributed by atoms with Crippen LogP contribution in [0.15, 0.2) is 24.3 Å². The Labute approximate surface area is 93.6 Å². The molecule has 1 atom stereocenters. The van der Waals surface area contributed by atoms with Crippen molar-refractivity contribution in [3.05, 3.63) is 29.8 Å². The highest BCUT2D eigenvalue weighted by atomic mass is 79.9. The lowest BCUT2D eigenvalue weighted by Gasteiger charge is -2.08. The van der Waals surface area contributed by atoms with Crippen LogP contribution in [-0.2, 0) is 6.42 Å². The van der Waals surface area contributed by atoms with Crippen LogP contribution < -0.4 is 4.74 Å². The van der Waals surface area contributed by atoms with Crippen molar-refractivity contribution in [1.82, 2.24) is 0 Å². The van der Waals surface area contributed by atoms with Crippen LogP contribution in [0.4, 0.5) is 0 Å². The van der Waals surface area contributed by atoms with Crippen molar-refractivity contribution in [3.8, 4) is 5.75 Å². The molecule has 0 radical (unpaired) electrons. The fourth-order valence-electron chi connectivity index (χ4n) is 1.61. The molecule has 1 aromatic rings. The Hall–Kier alpha value is -0.500. The minimum absolute atomic E-state index is 0.663. The lowest BCUT2D eigenvalue weighted by atomic mass is 10.1. The van der Waals surface area contributed by atoms with Gasteiger partial charge in [-0.15, -0.1) is 0 Å². The van der Waals surface area contributed by atoms with Crippen molar-refractivity contribution >= 4 is 15.9 Å². The number of methoxy groups -OCH3 is 1. The zero-order valence-electron chi connectivity index (χ0n) is 8.37. The molecule has 2 heteroatoms. The van der Waals surface area contributed by atoms with E-state index >= 15 is 0 Å². The van der Waals surface area contributed by atoms with Gasteiger partial charge in [0.15, 0.2) is 0 Å². The predicted octanol–water partition coefficient (Wildman–Crippen LogP) is 3.41. The molecular formula is C12H15BrO. The zero-order valence-corrected chi connectivity index (χ0v) is 9.96. The van der Waals surface area contributed by atoms with Gasteiger partial charge in [0.25, 0.3) is 0 Å². The summed E-state index contributed by atoms with van der Waals surface area (Å²) in [7, 11) is 1.70. The van der Waals surface area contributed by atoms with Gasteiger partial charge in [-0.05, 0) is 42.9 Å². The first-order valence-electron chi connectivity index (χ1n) is 5.06. The minimum atomic E-state index is 0.663. The molecular weight excluding hydrogens is 240 g/mol. The third-order valence-electron chi connectivity index (χ3n) is 2.72. The van der Waals surface area contributed by atoms with Crippen molar-refractivity contribution in [2.45, 2.75) is 24.1 Å². The lowest BCUT2D eigenvalue weighted by Crippen LogP contribution is -2.04. The SMILES string of the molecule is COc1ccc(CC(Br)C2CC2)cc1. The maximum atomic E-state index is 5.12. The highest BCUT2D eigenvalue weighted by Gasteiger charge is 2.28. The Kier molecular flexibility index (Phi) is 3.12. The molecule has 1 unspecified atom stereocenters. The summed E-state index contributed by atoms with van der Waals surface area (Å²) in [6.07, 6.45) is 3.92. The first kappa shape index (κ1) is 10.0. The standard InChI is InChI=1S/C12H15BrO/c1-14-11-6-2-9(3-7-11)8-12(13)10-4-5-10/h2-3,6-7,10,12H,4-5,8H2,1H3. The summed E-state index contributed by atoms with van der Waals surface area (Å²) in [6.45, 7) is 0. The Morgan fingerprint density at radius 2 is 2.00 bits per heavy atom. The number of ether oxygens (including phenoxy) is 1. The zero-order chi connectivity index (χ0) is 9.97. The lowest BCUT2D eigenvalue weighted by molar-refractivity contribution is 0.414. The van der Waals surface area contributed by atoms with Gasteiger partial charge in [0.1, 0.15) is 5.75 Å². The topological polar surface area (TPSA) is 9.23 Å². The normalized spacial score (nSPS) is 17.9. The van der Waals surface area contributed by atoms with Crippen molar-refractivity contribution < 1.29 is 4.74 Å². The summed E-state index contributed by atoms with van der Waals surface area (Å²) in [5.74, 6) is 1.85. The smallest absolute Gasteiger partial charge is 0.118 e. The first-order chi connectivity index (χ1) is 6.79. The van der Waals surface area contributed by atoms with E-state index in [1.54, 1.807) is 7.11 Å². The molecule has 0 amide bonds. The summed E-state index contributed by atoms with van der Waals surface area (Å²) in [4.78, 5) is 0.663. The van der Waals surface area contributed by atoms with Crippen molar-refractivity contribution in [2.75, 3.05) is 7.11 Å². The van der Waals surface area contributed by atoms with Gasteiger partial charge in [0.05, 0.1) is 7.11 Å². The third kappa shape index (κ3) is 2.50. The fourth-order valence-corrected chi connectivity index (χ4v) is 2.51. The quantitative estimate of drug-likeness (QED) is 0.749. The van der Waals surface area contributed by atoms with E-state index in [0.29, 0.717) is 4.83 Å². The van der Waals surface area contributed by atoms with Gasteiger partial charge >= 0.3 is 0 Å². The molecule has 14 heavy (non-hydrogen) atoms. The Morgan fingerprint density at radius 1 is 1.36 bits per heavy atom. The van der Waals surface area contributed by atoms with Gasteiger partial charge in [-0.2, -0.15) is 0 Å². The highest BCUT2D eigenvalue weighted by Crippen LogP contribution is 2.38. The maximum Gasteiger partial charge on any atom is 0.118 e. The molecule has 1 aromatic carbocycles. The third-order valence-corrected chi connectivity index (χ3v) is 3.79. The largest absolute Gasteiger partial charge is 0.497 e. The molecule has 1 saturated carbocycles. The number of hydrogen-bond acceptors (Lipinski definition) is 1. The van der Waals surface area contributed by atoms with Gasteiger partial charge in [0, 0.05) is 4.83 Å². The average Bonchev–Trinajstić information content (AvgIpc) is 3.02. The number of hydrogen-bond donors (Lipinski definition) is 0. The van der Waals surface area contributed by atoms with Crippen molar-refractivity contribution in [2.24, 2.45) is 5.92 Å². The number of rotatable bonds is 4. The van der Waals surface area contributed by atoms with E-state index < -0.39 is 0 Å². The van der Waals surface area contributed by atoms with E-state index in [0.717, 1.165) is 18.1 Å². The first-order valence-corrected chi connectivity index (χ1v) is 5.98. The molecule has 1 aliphatic carbocycles. The monoisotopic (exact) mass is 254 g/mol. The second kappa shape index (κ2) is 4.35. The Morgan fingerprint density at radius 3 is 2.50 bits per heavy atom. The Balaban J connectivity index is 1.95. The Bertz CT molecular complexity index is 290. The van der Waals surface area contributed by atoms with Crippen LogP contribution >= 0.6 is 15.9 Å². The highest BCUT2D eigenvalue weighted by molar-refractivity contribution is 9.09. The predicted molar refractivity (Wildman–Crippen MR) is 62.1 cm³/mol. The van der Waals surface area contributed by atoms with Gasteiger partial charge in [0.2, 0.25) is 0 Å². The van der Waals surface area contributed by atoms with E-state index in [-0.39, 0.29) is 0 Å². The van der Waals surface area contributed by atoms with Crippen LogP contribution in [0.25, 0.3) is 0 Å². The molecule has 1 aliphatic rings. The molecule has 0 bridgehead atoms. The van der Waals surface area contributed by atoms with Gasteiger partial charge in [-0.25, -0.2) is 0 Å². The molecule has 76 valence electrons. The molecule has 0 aromatic heterocycles. The summed E-state index contributed by atoms with van der Waals surface area (Å²) in [5.41, 5.74) is 1.39. The van der Waals surface area contributed by atoms with E-state index in [4.69, 9.17) is 4.74 Å². The molecule has 0 heterocycles. The second-order valence-corrected chi connectivity index (χ2v) is 5.08. The number of benzene rings is 1. The van der Waals surface area contributed by atoms with Crippen LogP contribution in [0.3, 0.4) is 0 Å². The molecule has 1 fully saturated rings. The van der Waals surface area contributed by atoms with Crippen LogP contribution in [0.5, 0.6) is 5.75 Å². The average molecular weight is 255 g/mol. The van der Waals surface area contributed by atoms with Crippen molar-refractivity contribution in [3.63, 3.8) is 0 Å². The van der Waals surface area contributed by atoms with E-state index in [1.807, 2.05) is 12.1 Å². The summed E-state index contributed by atoms with van der Waals surface area (Å²) < 4.78 is 5.12. The minimum Gasteiger partial charge on any atom is -0.497 e. The molecule has 0 saturated heterocycles. The van der Waals surface area contributed by atoms with Gasteiger partial charge in [-0.1, -0.05) is 28.1 Å². The van der Waals surface area contributed by atoms with E-state index in [9.17, 15) is 0 Å². The molecule has 0 N–H and O–H groups in total. The second-order valence-electron chi connectivity index (χ2n) is 3.91. The van der Waals surface area contributed by atoms with Crippen LogP contribution in [0, 0.1) is 5.92 Å². The molecule has 2 rings (SSSR count). The molecule has 1 nitrogen and oxygen atoms in total. The van der Waals surface area contributed by atoms with Gasteiger partial charge in [-0.3, -0.25) is 0 Å². The summed E-state index contributed by atoms with van der Waals surface area (Å²) >= 11 is 3.75. The van der Waals surface area contributed by atoms with Crippen LogP contribution in [0.1, 0.15) is 18.4 Å². The summed E-state index contributed by atoms with van der Waals surface area (Å²) in [6, 6.07) is 8.36.